The fourth-order valence-corrected chi connectivity index (χ4v) is 4.62. The van der Waals surface area contributed by atoms with Crippen molar-refractivity contribution in [3.63, 3.8) is 0 Å². The smallest absolute Gasteiger partial charge is 0.335 e. The molecule has 0 aliphatic heterocycles. The Morgan fingerprint density at radius 2 is 0.978 bits per heavy atom. The number of hydrogen-bond acceptors (Lipinski definition) is 7. The number of rotatable bonds is 14. The highest BCUT2D eigenvalue weighted by atomic mass is 16.5. The molecule has 12 nitrogen and oxygen atoms in total. The quantitative estimate of drug-likeness (QED) is 0.114. The van der Waals surface area contributed by atoms with E-state index in [4.69, 9.17) is 30.3 Å². The van der Waals surface area contributed by atoms with Gasteiger partial charge in [-0.1, -0.05) is 70.4 Å². The molecule has 45 heavy (non-hydrogen) atoms. The molecule has 2 aromatic carbocycles. The second kappa shape index (κ2) is 21.0. The maximum absolute atomic E-state index is 12.0. The summed E-state index contributed by atoms with van der Waals surface area (Å²) in [5.74, 6) is -6.63. The van der Waals surface area contributed by atoms with Gasteiger partial charge in [0.15, 0.2) is 0 Å². The summed E-state index contributed by atoms with van der Waals surface area (Å²) in [5, 5.41) is 43.2. The number of unbranched alkanes of at least 4 members (excludes halogenated alkanes) is 6. The van der Waals surface area contributed by atoms with Gasteiger partial charge in [-0.2, -0.15) is 0 Å². The lowest BCUT2D eigenvalue weighted by atomic mass is 9.79. The van der Waals surface area contributed by atoms with Crippen LogP contribution in [0.25, 0.3) is 0 Å². The summed E-state index contributed by atoms with van der Waals surface area (Å²) >= 11 is 0. The second-order valence-corrected chi connectivity index (χ2v) is 10.5. The minimum Gasteiger partial charge on any atom is -0.481 e. The number of carboxylic acids is 5. The zero-order valence-corrected chi connectivity index (χ0v) is 25.4. The van der Waals surface area contributed by atoms with Crippen LogP contribution in [0.2, 0.25) is 0 Å². The Labute approximate surface area is 261 Å². The molecule has 0 amide bonds. The van der Waals surface area contributed by atoms with E-state index in [0.29, 0.717) is 19.4 Å². The molecule has 0 saturated heterocycles. The van der Waals surface area contributed by atoms with Crippen LogP contribution in [0, 0.1) is 11.8 Å². The van der Waals surface area contributed by atoms with Gasteiger partial charge in [-0.3, -0.25) is 9.59 Å². The molecule has 1 saturated carbocycles. The number of aromatic carboxylic acids is 4. The second-order valence-electron chi connectivity index (χ2n) is 10.5. The summed E-state index contributed by atoms with van der Waals surface area (Å²) in [7, 11) is 0. The lowest BCUT2D eigenvalue weighted by Crippen LogP contribution is -2.33. The van der Waals surface area contributed by atoms with E-state index in [-0.39, 0.29) is 28.2 Å². The topological polar surface area (TPSA) is 213 Å². The lowest BCUT2D eigenvalue weighted by Gasteiger charge is -2.26. The third-order valence-electron chi connectivity index (χ3n) is 7.09. The molecule has 246 valence electrons. The number of carbonyl (C=O) groups excluding carboxylic acids is 1. The highest BCUT2D eigenvalue weighted by Crippen LogP contribution is 2.31. The Morgan fingerprint density at radius 3 is 1.36 bits per heavy atom. The van der Waals surface area contributed by atoms with E-state index in [9.17, 15) is 28.8 Å². The zero-order chi connectivity index (χ0) is 33.8. The molecule has 12 heteroatoms. The first-order valence-electron chi connectivity index (χ1n) is 14.9. The van der Waals surface area contributed by atoms with Crippen molar-refractivity contribution in [2.24, 2.45) is 11.8 Å². The van der Waals surface area contributed by atoms with Crippen molar-refractivity contribution >= 4 is 35.8 Å². The number of carbonyl (C=O) groups is 6. The predicted molar refractivity (Wildman–Crippen MR) is 163 cm³/mol. The van der Waals surface area contributed by atoms with Crippen LogP contribution in [-0.4, -0.2) is 68.0 Å². The molecule has 1 aliphatic carbocycles. The van der Waals surface area contributed by atoms with Crippen molar-refractivity contribution in [1.29, 1.82) is 0 Å². The van der Waals surface area contributed by atoms with Crippen molar-refractivity contribution in [1.82, 2.24) is 0 Å². The molecule has 0 radical (unpaired) electrons. The normalized spacial score (nSPS) is 15.2. The zero-order valence-electron chi connectivity index (χ0n) is 25.4. The van der Waals surface area contributed by atoms with Crippen LogP contribution in [0.15, 0.2) is 48.5 Å². The molecule has 0 heterocycles. The number of esters is 1. The van der Waals surface area contributed by atoms with Crippen molar-refractivity contribution < 1.29 is 59.0 Å². The Balaban J connectivity index is 0.000000361. The Bertz CT molecular complexity index is 1160. The molecule has 1 fully saturated rings. The highest BCUT2D eigenvalue weighted by Gasteiger charge is 2.36. The van der Waals surface area contributed by atoms with Crippen molar-refractivity contribution in [3.8, 4) is 0 Å². The van der Waals surface area contributed by atoms with Crippen LogP contribution in [-0.2, 0) is 14.3 Å². The van der Waals surface area contributed by atoms with E-state index >= 15 is 0 Å². The number of carboxylic acid groups (broad SMARTS) is 5. The number of aliphatic carboxylic acids is 1. The van der Waals surface area contributed by atoms with Gasteiger partial charge in [-0.05, 0) is 55.7 Å². The van der Waals surface area contributed by atoms with Gasteiger partial charge in [0, 0.05) is 0 Å². The van der Waals surface area contributed by atoms with E-state index in [2.05, 4.69) is 6.92 Å². The van der Waals surface area contributed by atoms with Crippen LogP contribution in [0.1, 0.15) is 119 Å². The predicted octanol–water partition coefficient (Wildman–Crippen LogP) is 6.34. The maximum atomic E-state index is 12.0. The van der Waals surface area contributed by atoms with Crippen LogP contribution >= 0.6 is 0 Å². The van der Waals surface area contributed by atoms with Crippen LogP contribution in [0.3, 0.4) is 0 Å². The van der Waals surface area contributed by atoms with Gasteiger partial charge in [0.2, 0.25) is 0 Å². The third kappa shape index (κ3) is 15.0. The fraction of sp³-hybridized carbons (Fsp3) is 0.455. The molecule has 0 bridgehead atoms. The molecular formula is C33H42O12. The first-order chi connectivity index (χ1) is 21.4. The van der Waals surface area contributed by atoms with Crippen LogP contribution in [0.4, 0.5) is 0 Å². The van der Waals surface area contributed by atoms with Gasteiger partial charge in [0.1, 0.15) is 0 Å². The van der Waals surface area contributed by atoms with Crippen molar-refractivity contribution in [3.05, 3.63) is 70.8 Å². The molecule has 3 rings (SSSR count). The number of benzene rings is 2. The molecule has 2 atom stereocenters. The van der Waals surface area contributed by atoms with Crippen molar-refractivity contribution in [2.45, 2.75) is 77.6 Å². The summed E-state index contributed by atoms with van der Waals surface area (Å²) in [5.41, 5.74) is -0.0744. The molecule has 2 unspecified atom stereocenters. The van der Waals surface area contributed by atoms with E-state index in [0.717, 1.165) is 37.8 Å². The van der Waals surface area contributed by atoms with Gasteiger partial charge in [-0.15, -0.1) is 0 Å². The summed E-state index contributed by atoms with van der Waals surface area (Å²) in [6, 6.07) is 10.4. The van der Waals surface area contributed by atoms with Crippen LogP contribution in [0.5, 0.6) is 0 Å². The standard InChI is InChI=1S/C17H30O4.2C8H6O4/c1-2-3-4-5-6-7-10-13-21-17(20)15-12-9-8-11-14(15)16(18)19;2*9-7(10)5-2-1-3-6(4-5)8(11)12/h14-15H,2-13H2,1H3,(H,18,19);2*1-4H,(H,9,10)(H,11,12). The van der Waals surface area contributed by atoms with Gasteiger partial charge >= 0.3 is 35.8 Å². The minimum absolute atomic E-state index is 0.0186. The van der Waals surface area contributed by atoms with Gasteiger partial charge in [0.25, 0.3) is 0 Å². The highest BCUT2D eigenvalue weighted by molar-refractivity contribution is 5.94. The Morgan fingerprint density at radius 1 is 0.600 bits per heavy atom. The summed E-state index contributed by atoms with van der Waals surface area (Å²) in [6.07, 6.45) is 11.4. The summed E-state index contributed by atoms with van der Waals surface area (Å²) < 4.78 is 5.29. The third-order valence-corrected chi connectivity index (χ3v) is 7.09. The maximum Gasteiger partial charge on any atom is 0.335 e. The molecule has 5 N–H and O–H groups in total. The minimum atomic E-state index is -1.13. The molecular weight excluding hydrogens is 588 g/mol. The largest absolute Gasteiger partial charge is 0.481 e. The van der Waals surface area contributed by atoms with E-state index < -0.39 is 41.7 Å². The molecule has 1 aliphatic rings. The van der Waals surface area contributed by atoms with E-state index in [1.165, 1.54) is 68.5 Å². The lowest BCUT2D eigenvalue weighted by molar-refractivity contribution is -0.159. The average molecular weight is 631 g/mol. The average Bonchev–Trinajstić information content (AvgIpc) is 3.02. The fourth-order valence-electron chi connectivity index (χ4n) is 4.62. The first kappa shape index (κ1) is 38.3. The Kier molecular flexibility index (Phi) is 17.9. The number of ether oxygens (including phenoxy) is 1. The Hall–Kier alpha value is -4.74. The summed E-state index contributed by atoms with van der Waals surface area (Å²) in [6.45, 7) is 2.64. The number of hydrogen-bond donors (Lipinski definition) is 5. The van der Waals surface area contributed by atoms with Crippen LogP contribution < -0.4 is 0 Å². The molecule has 2 aromatic rings. The van der Waals surface area contributed by atoms with Gasteiger partial charge in [-0.25, -0.2) is 19.2 Å². The molecule has 0 aromatic heterocycles. The first-order valence-corrected chi connectivity index (χ1v) is 14.9. The monoisotopic (exact) mass is 630 g/mol. The van der Waals surface area contributed by atoms with E-state index in [1.54, 1.807) is 0 Å². The summed E-state index contributed by atoms with van der Waals surface area (Å²) in [4.78, 5) is 64.7. The molecule has 0 spiro atoms. The van der Waals surface area contributed by atoms with Crippen molar-refractivity contribution in [2.75, 3.05) is 6.61 Å². The van der Waals surface area contributed by atoms with E-state index in [1.807, 2.05) is 0 Å². The van der Waals surface area contributed by atoms with Gasteiger partial charge in [0.05, 0.1) is 40.7 Å². The van der Waals surface area contributed by atoms with Gasteiger partial charge < -0.3 is 30.3 Å². The SMILES string of the molecule is CCCCCCCCCOC(=O)C1CCCCC1C(=O)O.O=C(O)c1cccc(C(=O)O)c1.O=C(O)c1cccc(C(=O)O)c1.